The number of hydrogen-bond donors (Lipinski definition) is 2. The third-order valence-corrected chi connectivity index (χ3v) is 4.52. The molecule has 1 fully saturated rings. The van der Waals surface area contributed by atoms with E-state index < -0.39 is 5.97 Å². The van der Waals surface area contributed by atoms with E-state index in [1.807, 2.05) is 0 Å². The van der Waals surface area contributed by atoms with Crippen molar-refractivity contribution < 1.29 is 14.7 Å². The predicted molar refractivity (Wildman–Crippen MR) is 83.2 cm³/mol. The zero-order valence-corrected chi connectivity index (χ0v) is 13.3. The van der Waals surface area contributed by atoms with E-state index >= 15 is 0 Å². The molecule has 2 N–H and O–H groups in total. The molecule has 114 valence electrons. The van der Waals surface area contributed by atoms with Crippen molar-refractivity contribution in [2.45, 2.75) is 25.7 Å². The Labute approximate surface area is 137 Å². The van der Waals surface area contributed by atoms with Crippen LogP contribution in [0.2, 0.25) is 15.1 Å². The summed E-state index contributed by atoms with van der Waals surface area (Å²) in [6.07, 6.45) is 2.11. The molecule has 0 radical (unpaired) electrons. The van der Waals surface area contributed by atoms with Crippen LogP contribution in [0, 0.1) is 11.8 Å². The molecule has 0 bridgehead atoms. The Hall–Kier alpha value is -0.970. The highest BCUT2D eigenvalue weighted by molar-refractivity contribution is 6.42. The number of benzene rings is 1. The minimum atomic E-state index is -0.794. The summed E-state index contributed by atoms with van der Waals surface area (Å²) in [5, 5.41) is 12.6. The maximum Gasteiger partial charge on any atom is 0.306 e. The highest BCUT2D eigenvalue weighted by Crippen LogP contribution is 2.35. The van der Waals surface area contributed by atoms with Crippen LogP contribution in [0.25, 0.3) is 0 Å². The summed E-state index contributed by atoms with van der Waals surface area (Å²) < 4.78 is 0. The Bertz CT molecular complexity index is 546. The van der Waals surface area contributed by atoms with E-state index in [-0.39, 0.29) is 27.8 Å². The van der Waals surface area contributed by atoms with Crippen molar-refractivity contribution in [3.63, 3.8) is 0 Å². The van der Waals surface area contributed by atoms with Crippen molar-refractivity contribution in [3.05, 3.63) is 27.2 Å². The highest BCUT2D eigenvalue weighted by Gasteiger charge is 2.30. The number of carbonyl (C=O) groups is 2. The number of rotatable bonds is 3. The van der Waals surface area contributed by atoms with Gasteiger partial charge in [0.15, 0.2) is 0 Å². The van der Waals surface area contributed by atoms with Gasteiger partial charge in [0.05, 0.1) is 21.7 Å². The highest BCUT2D eigenvalue weighted by atomic mass is 35.5. The van der Waals surface area contributed by atoms with Gasteiger partial charge in [-0.05, 0) is 37.8 Å². The Morgan fingerprint density at radius 3 is 1.95 bits per heavy atom. The zero-order valence-electron chi connectivity index (χ0n) is 11.0. The van der Waals surface area contributed by atoms with Crippen LogP contribution in [0.3, 0.4) is 0 Å². The van der Waals surface area contributed by atoms with Gasteiger partial charge in [-0.1, -0.05) is 34.8 Å². The lowest BCUT2D eigenvalue weighted by Crippen LogP contribution is -2.29. The number of hydrogen-bond acceptors (Lipinski definition) is 2. The second-order valence-corrected chi connectivity index (χ2v) is 6.37. The molecule has 1 aliphatic rings. The first kappa shape index (κ1) is 16.4. The monoisotopic (exact) mass is 349 g/mol. The quantitative estimate of drug-likeness (QED) is 0.845. The van der Waals surface area contributed by atoms with Crippen molar-refractivity contribution in [1.29, 1.82) is 0 Å². The van der Waals surface area contributed by atoms with Crippen LogP contribution < -0.4 is 5.32 Å². The number of carbonyl (C=O) groups excluding carboxylic acids is 1. The fraction of sp³-hybridized carbons (Fsp3) is 0.429. The van der Waals surface area contributed by atoms with Crippen molar-refractivity contribution in [2.75, 3.05) is 5.32 Å². The summed E-state index contributed by atoms with van der Waals surface area (Å²) in [4.78, 5) is 23.1. The number of carboxylic acid groups (broad SMARTS) is 1. The van der Waals surface area contributed by atoms with E-state index in [4.69, 9.17) is 39.9 Å². The number of anilines is 1. The van der Waals surface area contributed by atoms with Crippen LogP contribution in [0.15, 0.2) is 12.1 Å². The summed E-state index contributed by atoms with van der Waals surface area (Å²) in [6, 6.07) is 3.01. The Morgan fingerprint density at radius 1 is 1.00 bits per heavy atom. The number of halogens is 3. The Balaban J connectivity index is 2.01. The minimum Gasteiger partial charge on any atom is -0.481 e. The molecule has 2 rings (SSSR count). The molecule has 1 aromatic carbocycles. The van der Waals surface area contributed by atoms with Gasteiger partial charge < -0.3 is 10.4 Å². The molecule has 1 amide bonds. The van der Waals surface area contributed by atoms with Gasteiger partial charge >= 0.3 is 5.97 Å². The minimum absolute atomic E-state index is 0.190. The molecule has 0 atom stereocenters. The van der Waals surface area contributed by atoms with E-state index in [9.17, 15) is 9.59 Å². The third-order valence-electron chi connectivity index (χ3n) is 3.70. The number of carboxylic acids is 1. The van der Waals surface area contributed by atoms with Crippen LogP contribution in [0.1, 0.15) is 25.7 Å². The third kappa shape index (κ3) is 4.02. The standard InChI is InChI=1S/C14H14Cl3NO3/c15-9-5-10(16)12(11(17)6-9)18-13(19)7-1-3-8(4-2-7)14(20)21/h5-8H,1-4H2,(H,18,19)(H,20,21). The summed E-state index contributed by atoms with van der Waals surface area (Å²) in [7, 11) is 0. The van der Waals surface area contributed by atoms with Crippen LogP contribution >= 0.6 is 34.8 Å². The van der Waals surface area contributed by atoms with E-state index in [0.29, 0.717) is 36.4 Å². The summed E-state index contributed by atoms with van der Waals surface area (Å²) in [5.41, 5.74) is 0.341. The molecule has 0 aliphatic heterocycles. The van der Waals surface area contributed by atoms with E-state index in [1.54, 1.807) is 0 Å². The fourth-order valence-corrected chi connectivity index (χ4v) is 3.40. The first-order valence-corrected chi connectivity index (χ1v) is 7.70. The number of aliphatic carboxylic acids is 1. The maximum absolute atomic E-state index is 12.2. The smallest absolute Gasteiger partial charge is 0.306 e. The Morgan fingerprint density at radius 2 is 1.48 bits per heavy atom. The zero-order chi connectivity index (χ0) is 15.6. The van der Waals surface area contributed by atoms with Gasteiger partial charge in [-0.25, -0.2) is 0 Å². The van der Waals surface area contributed by atoms with Gasteiger partial charge in [0, 0.05) is 10.9 Å². The van der Waals surface area contributed by atoms with E-state index in [0.717, 1.165) is 0 Å². The van der Waals surface area contributed by atoms with Crippen molar-refractivity contribution >= 4 is 52.4 Å². The van der Waals surface area contributed by atoms with Crippen molar-refractivity contribution in [2.24, 2.45) is 11.8 Å². The summed E-state index contributed by atoms with van der Waals surface area (Å²) >= 11 is 17.9. The SMILES string of the molecule is O=C(O)C1CCC(C(=O)Nc2c(Cl)cc(Cl)cc2Cl)CC1. The maximum atomic E-state index is 12.2. The van der Waals surface area contributed by atoms with Crippen LogP contribution in [-0.4, -0.2) is 17.0 Å². The Kier molecular flexibility index (Phi) is 5.36. The van der Waals surface area contributed by atoms with Crippen LogP contribution in [0.5, 0.6) is 0 Å². The largest absolute Gasteiger partial charge is 0.481 e. The van der Waals surface area contributed by atoms with E-state index in [1.165, 1.54) is 12.1 Å². The molecule has 0 heterocycles. The lowest BCUT2D eigenvalue weighted by molar-refractivity contribution is -0.143. The van der Waals surface area contributed by atoms with Gasteiger partial charge in [-0.2, -0.15) is 0 Å². The summed E-state index contributed by atoms with van der Waals surface area (Å²) in [5.74, 6) is -1.55. The topological polar surface area (TPSA) is 66.4 Å². The molecule has 0 saturated heterocycles. The second-order valence-electron chi connectivity index (χ2n) is 5.12. The van der Waals surface area contributed by atoms with Gasteiger partial charge in [0.25, 0.3) is 0 Å². The first-order chi connectivity index (χ1) is 9.88. The molecule has 0 unspecified atom stereocenters. The molecule has 1 saturated carbocycles. The van der Waals surface area contributed by atoms with Crippen molar-refractivity contribution in [1.82, 2.24) is 0 Å². The van der Waals surface area contributed by atoms with E-state index in [2.05, 4.69) is 5.32 Å². The number of nitrogens with one attached hydrogen (secondary N) is 1. The molecule has 0 aromatic heterocycles. The second kappa shape index (κ2) is 6.86. The van der Waals surface area contributed by atoms with Crippen molar-refractivity contribution in [3.8, 4) is 0 Å². The molecule has 1 aliphatic carbocycles. The molecule has 21 heavy (non-hydrogen) atoms. The van der Waals surface area contributed by atoms with Gasteiger partial charge in [-0.15, -0.1) is 0 Å². The van der Waals surface area contributed by atoms with Crippen LogP contribution in [0.4, 0.5) is 5.69 Å². The molecular formula is C14H14Cl3NO3. The van der Waals surface area contributed by atoms with Gasteiger partial charge in [0.1, 0.15) is 0 Å². The summed E-state index contributed by atoms with van der Waals surface area (Å²) in [6.45, 7) is 0. The predicted octanol–water partition coefficient (Wildman–Crippen LogP) is 4.48. The average Bonchev–Trinajstić information content (AvgIpc) is 2.42. The lowest BCUT2D eigenvalue weighted by Gasteiger charge is -2.25. The molecular weight excluding hydrogens is 337 g/mol. The normalized spacial score (nSPS) is 21.9. The van der Waals surface area contributed by atoms with Crippen LogP contribution in [-0.2, 0) is 9.59 Å². The fourth-order valence-electron chi connectivity index (χ4n) is 2.49. The van der Waals surface area contributed by atoms with Gasteiger partial charge in [0.2, 0.25) is 5.91 Å². The molecule has 0 spiro atoms. The number of amides is 1. The lowest BCUT2D eigenvalue weighted by atomic mass is 9.81. The first-order valence-electron chi connectivity index (χ1n) is 6.56. The van der Waals surface area contributed by atoms with Gasteiger partial charge in [-0.3, -0.25) is 9.59 Å². The molecule has 1 aromatic rings. The molecule has 7 heteroatoms. The molecule has 4 nitrogen and oxygen atoms in total. The average molecular weight is 351 g/mol.